The number of halogens is 5. The number of nitrogens with zero attached hydrogens (tertiary/aromatic N) is 7. The van der Waals surface area contributed by atoms with Crippen LogP contribution in [-0.2, 0) is 76.7 Å². The number of likely N-dealkylation sites (tertiary alicyclic amines) is 3. The highest BCUT2D eigenvalue weighted by Gasteiger charge is 2.29. The van der Waals surface area contributed by atoms with Gasteiger partial charge < -0.3 is 74.7 Å². The van der Waals surface area contributed by atoms with E-state index in [4.69, 9.17) is 32.3 Å². The number of piperazine rings is 3. The Morgan fingerprint density at radius 3 is 1.13 bits per heavy atom. The van der Waals surface area contributed by atoms with E-state index in [1.165, 1.54) is 38.1 Å². The molecule has 22 nitrogen and oxygen atoms in total. The molecule has 119 heavy (non-hydrogen) atoms. The number of carbonyl (C=O) groups is 7. The summed E-state index contributed by atoms with van der Waals surface area (Å²) in [6.45, 7) is 28.9. The summed E-state index contributed by atoms with van der Waals surface area (Å²) in [4.78, 5) is 93.4. The van der Waals surface area contributed by atoms with Crippen molar-refractivity contribution >= 4 is 141 Å². The second-order valence-electron chi connectivity index (χ2n) is 31.2. The number of alkyl halides is 1. The third-order valence-electron chi connectivity index (χ3n) is 19.7. The number of ether oxygens (including phenoxy) is 3. The van der Waals surface area contributed by atoms with Gasteiger partial charge in [-0.15, -0.1) is 0 Å². The lowest BCUT2D eigenvalue weighted by molar-refractivity contribution is -0.136. The van der Waals surface area contributed by atoms with Gasteiger partial charge in [0.25, 0.3) is 0 Å². The number of benzene rings is 6. The molecule has 8 aliphatic rings. The van der Waals surface area contributed by atoms with Crippen LogP contribution in [0.2, 0.25) is 0 Å². The SMILES string of the molecule is BrCCc1ccccc1Br.C.CC(C)(C)OC(=O)N1CCN(c2ccccc2CCN2CCCC2=O)CC1.CC(C)(C)OC(=O)N1CCNCC1.O=C(O)Cc1ccccc1Br.O=C1CCCN1.O=C1CCCN1CCc1ccccc1Br.O=C1CCCN1CCc1ccccc1N1CCNCC1.OCCc1ccccc1Br.[B]C1CCCO1. The van der Waals surface area contributed by atoms with Crippen LogP contribution >= 0.6 is 79.6 Å². The standard InChI is InChI=1S/C21H31N3O3.C16H23N3O.C12H14BrNO.C9H18N2O2.C8H8Br2.C8H7BrO2.C8H9BrO.C4H7BO.C4H7NO.CH4/c1-21(2,3)27-20(26)24-15-13-22(14-16-24)18-8-5-4-7-17(18)10-12-23-11-6-9-19(23)25;20-16-6-3-10-19(16)11-7-14-4-1-2-5-15(14)18-12-8-17-9-13-18;13-11-5-2-1-4-10(11)7-9-14-8-3-6-12(14)15;1-9(2,3)13-8(12)11-6-4-10-5-7-11;9-6-5-7-3-1-2-4-8(7)10;9-7-4-2-1-3-6(7)5-8(10)11;9-8-4-2-1-3-7(8)5-6-10;5-4-2-1-3-6-4;6-4-2-1-3-5-4;/h4-5,7-8H,6,9-16H2,1-3H3;1-2,4-5,17H,3,6-13H2;1-2,4-5H,3,6-9H2;10H,4-7H2,1-3H3;1-4H,5-6H2;1-4H,5H2,(H,10,11);1-4,10H,5-6H2;4H,1-3H2;1-3H2,(H,5,6);1H4. The number of carboxylic acids is 1. The van der Waals surface area contributed by atoms with Gasteiger partial charge in [0.1, 0.15) is 19.0 Å². The molecule has 652 valence electrons. The van der Waals surface area contributed by atoms with Crippen LogP contribution in [0.25, 0.3) is 0 Å². The number of carboxylic acid groups (broad SMARTS) is 1. The maximum absolute atomic E-state index is 12.3. The van der Waals surface area contributed by atoms with E-state index in [9.17, 15) is 33.6 Å². The molecule has 8 fully saturated rings. The number of rotatable bonds is 17. The van der Waals surface area contributed by atoms with Crippen LogP contribution in [0.1, 0.15) is 147 Å². The number of aliphatic hydroxyl groups excluding tert-OH is 1. The van der Waals surface area contributed by atoms with E-state index in [0.717, 1.165) is 238 Å². The monoisotopic (exact) mass is 1960 g/mol. The maximum atomic E-state index is 12.3. The summed E-state index contributed by atoms with van der Waals surface area (Å²) in [7, 11) is 5.31. The van der Waals surface area contributed by atoms with Gasteiger partial charge in [-0.1, -0.05) is 196 Å². The van der Waals surface area contributed by atoms with Gasteiger partial charge in [-0.2, -0.15) is 0 Å². The minimum absolute atomic E-state index is 0. The van der Waals surface area contributed by atoms with Crippen molar-refractivity contribution in [3.8, 4) is 0 Å². The second-order valence-corrected chi connectivity index (χ2v) is 35.4. The van der Waals surface area contributed by atoms with Gasteiger partial charge >= 0.3 is 18.2 Å². The van der Waals surface area contributed by atoms with Gasteiger partial charge in [-0.05, 0) is 182 Å². The highest BCUT2D eigenvalue weighted by molar-refractivity contribution is 9.11. The maximum Gasteiger partial charge on any atom is 0.410 e. The minimum Gasteiger partial charge on any atom is -0.481 e. The summed E-state index contributed by atoms with van der Waals surface area (Å²) < 4.78 is 19.9. The van der Waals surface area contributed by atoms with E-state index >= 15 is 0 Å². The van der Waals surface area contributed by atoms with Crippen LogP contribution in [0, 0.1) is 0 Å². The number of nitrogens with one attached hydrogen (secondary N) is 3. The summed E-state index contributed by atoms with van der Waals surface area (Å²) in [5.41, 5.74) is 8.95. The molecule has 8 saturated heterocycles. The number of aliphatic carboxylic acids is 1. The first kappa shape index (κ1) is 103. The Labute approximate surface area is 751 Å². The van der Waals surface area contributed by atoms with Crippen molar-refractivity contribution in [1.29, 1.82) is 0 Å². The van der Waals surface area contributed by atoms with Crippen LogP contribution in [0.15, 0.2) is 163 Å². The van der Waals surface area contributed by atoms with E-state index in [1.54, 1.807) is 15.9 Å². The minimum atomic E-state index is -0.808. The molecular weight excluding hydrogens is 1840 g/mol. The molecule has 8 heterocycles. The number of hydrogen-bond acceptors (Lipinski definition) is 15. The molecule has 0 aromatic heterocycles. The lowest BCUT2D eigenvalue weighted by Crippen LogP contribution is -2.50. The molecule has 1 atom stereocenters. The first-order valence-corrected chi connectivity index (χ1v) is 45.7. The molecule has 1 unspecified atom stereocenters. The van der Waals surface area contributed by atoms with Crippen LogP contribution in [0.3, 0.4) is 0 Å². The highest BCUT2D eigenvalue weighted by atomic mass is 79.9. The van der Waals surface area contributed by atoms with Gasteiger partial charge in [-0.3, -0.25) is 24.0 Å². The zero-order valence-corrected chi connectivity index (χ0v) is 77.8. The summed E-state index contributed by atoms with van der Waals surface area (Å²) in [5, 5.41) is 27.4. The van der Waals surface area contributed by atoms with E-state index in [1.807, 2.05) is 123 Å². The van der Waals surface area contributed by atoms with Crippen molar-refractivity contribution in [3.05, 3.63) is 197 Å². The first-order chi connectivity index (χ1) is 56.6. The van der Waals surface area contributed by atoms with Gasteiger partial charge in [0.2, 0.25) is 23.6 Å². The van der Waals surface area contributed by atoms with E-state index in [0.29, 0.717) is 31.3 Å². The highest BCUT2D eigenvalue weighted by Crippen LogP contribution is 2.27. The molecule has 6 amide bonds. The average molecular weight is 1960 g/mol. The third kappa shape index (κ3) is 40.8. The third-order valence-corrected chi connectivity index (χ3v) is 23.2. The van der Waals surface area contributed by atoms with E-state index in [-0.39, 0.29) is 56.1 Å². The fraction of sp³-hybridized carbons (Fsp3) is 0.527. The predicted octanol–water partition coefficient (Wildman–Crippen LogP) is 15.9. The summed E-state index contributed by atoms with van der Waals surface area (Å²) >= 11 is 17.0. The second kappa shape index (κ2) is 56.7. The number of aliphatic hydroxyl groups is 1. The van der Waals surface area contributed by atoms with Gasteiger partial charge in [0, 0.05) is 204 Å². The smallest absolute Gasteiger partial charge is 0.410 e. The van der Waals surface area contributed by atoms with E-state index in [2.05, 4.69) is 178 Å². The molecule has 0 bridgehead atoms. The van der Waals surface area contributed by atoms with Gasteiger partial charge in [0.15, 0.2) is 0 Å². The molecule has 6 aromatic rings. The molecule has 0 spiro atoms. The van der Waals surface area contributed by atoms with Crippen molar-refractivity contribution in [2.45, 2.75) is 169 Å². The Balaban J connectivity index is 0.000000247. The predicted molar refractivity (Wildman–Crippen MR) is 497 cm³/mol. The fourth-order valence-electron chi connectivity index (χ4n) is 13.5. The number of anilines is 2. The van der Waals surface area contributed by atoms with Crippen LogP contribution in [-0.4, -0.2) is 244 Å². The zero-order chi connectivity index (χ0) is 85.7. The molecule has 14 rings (SSSR count). The van der Waals surface area contributed by atoms with Crippen molar-refractivity contribution in [3.63, 3.8) is 0 Å². The number of para-hydroxylation sites is 2. The number of aryl methyl sites for hydroxylation is 1. The molecule has 5 N–H and O–H groups in total. The van der Waals surface area contributed by atoms with Crippen LogP contribution < -0.4 is 25.8 Å². The Morgan fingerprint density at radius 2 is 0.815 bits per heavy atom. The largest absolute Gasteiger partial charge is 0.481 e. The molecular formula is C91H128BBr5N10O12. The van der Waals surface area contributed by atoms with E-state index < -0.39 is 11.6 Å². The lowest BCUT2D eigenvalue weighted by atomic mass is 9.98. The average Bonchev–Trinajstić information content (AvgIpc) is 1.69. The Morgan fingerprint density at radius 1 is 0.454 bits per heavy atom. The Bertz CT molecular complexity index is 3950. The van der Waals surface area contributed by atoms with Crippen molar-refractivity contribution < 1.29 is 58.0 Å². The Kier molecular flexibility index (Phi) is 48.9. The fourth-order valence-corrected chi connectivity index (χ4v) is 15.8. The number of amides is 6. The van der Waals surface area contributed by atoms with Crippen molar-refractivity contribution in [2.75, 3.05) is 153 Å². The van der Waals surface area contributed by atoms with Crippen LogP contribution in [0.4, 0.5) is 21.0 Å². The Hall–Kier alpha value is -6.89. The lowest BCUT2D eigenvalue weighted by Gasteiger charge is -2.37. The molecule has 6 aromatic carbocycles. The molecule has 0 saturated carbocycles. The molecule has 8 aliphatic heterocycles. The van der Waals surface area contributed by atoms with Gasteiger partial charge in [-0.25, -0.2) is 9.59 Å². The summed E-state index contributed by atoms with van der Waals surface area (Å²) in [5.74, 6) is 0.303. The van der Waals surface area contributed by atoms with Crippen molar-refractivity contribution in [2.24, 2.45) is 0 Å². The number of carbonyl (C=O) groups excluding carboxylic acids is 6. The van der Waals surface area contributed by atoms with Gasteiger partial charge in [0.05, 0.1) is 6.42 Å². The zero-order valence-electron chi connectivity index (χ0n) is 69.9. The normalized spacial score (nSPS) is 16.8. The summed E-state index contributed by atoms with van der Waals surface area (Å²) in [6.07, 6.45) is 13.3. The molecule has 2 radical (unpaired) electrons. The first-order valence-electron chi connectivity index (χ1n) is 41.4. The summed E-state index contributed by atoms with van der Waals surface area (Å²) in [6, 6.07) is 48.8. The topological polar surface area (TPSA) is 246 Å². The number of hydrogen-bond donors (Lipinski definition) is 5. The quantitative estimate of drug-likeness (QED) is 0.0421. The van der Waals surface area contributed by atoms with Crippen molar-refractivity contribution in [1.82, 2.24) is 40.4 Å². The van der Waals surface area contributed by atoms with Crippen LogP contribution in [0.5, 0.6) is 0 Å². The molecule has 28 heteroatoms. The molecule has 0 aliphatic carbocycles.